The van der Waals surface area contributed by atoms with Gasteiger partial charge < -0.3 is 15.0 Å². The molecule has 0 spiro atoms. The molecule has 3 heterocycles. The molecule has 158 valence electrons. The van der Waals surface area contributed by atoms with E-state index in [1.165, 1.54) is 11.1 Å². The molecule has 0 atom stereocenters. The number of thiophene rings is 1. The van der Waals surface area contributed by atoms with Crippen molar-refractivity contribution in [3.05, 3.63) is 47.5 Å². The second-order valence-corrected chi connectivity index (χ2v) is 8.38. The smallest absolute Gasteiger partial charge is 0.159 e. The third-order valence-corrected chi connectivity index (χ3v) is 6.46. The topological polar surface area (TPSA) is 57.7 Å². The average molecular weight is 425 g/mol. The highest BCUT2D eigenvalue weighted by molar-refractivity contribution is 7.17. The standard InChI is InChI=1S/C23H28N4O2S/c1-17(28)18-6-7-22(20(15-18)24-2)29-14-4-9-26-10-12-27(13-11-26)21-16-30-23-19(21)5-3-8-25-23/h3,5-8,15-16,24H,4,9-14H2,1-2H3. The van der Waals surface area contributed by atoms with Crippen molar-refractivity contribution in [1.82, 2.24) is 9.88 Å². The highest BCUT2D eigenvalue weighted by Gasteiger charge is 2.19. The second-order valence-electron chi connectivity index (χ2n) is 7.52. The van der Waals surface area contributed by atoms with Gasteiger partial charge in [0.1, 0.15) is 10.6 Å². The van der Waals surface area contributed by atoms with Gasteiger partial charge in [-0.2, -0.15) is 0 Å². The molecule has 6 nitrogen and oxygen atoms in total. The summed E-state index contributed by atoms with van der Waals surface area (Å²) in [4.78, 5) is 22.1. The Bertz CT molecular complexity index is 1010. The molecule has 1 fully saturated rings. The van der Waals surface area contributed by atoms with Crippen LogP contribution in [0.15, 0.2) is 41.9 Å². The minimum Gasteiger partial charge on any atom is -0.491 e. The zero-order valence-electron chi connectivity index (χ0n) is 17.6. The molecule has 1 aromatic carbocycles. The van der Waals surface area contributed by atoms with Gasteiger partial charge in [0, 0.05) is 62.3 Å². The Hall–Kier alpha value is -2.64. The summed E-state index contributed by atoms with van der Waals surface area (Å²) in [7, 11) is 1.85. The van der Waals surface area contributed by atoms with Crippen molar-refractivity contribution >= 4 is 38.7 Å². The number of piperazine rings is 1. The van der Waals surface area contributed by atoms with E-state index in [9.17, 15) is 4.79 Å². The summed E-state index contributed by atoms with van der Waals surface area (Å²) in [5.41, 5.74) is 2.87. The Kier molecular flexibility index (Phi) is 6.50. The van der Waals surface area contributed by atoms with Crippen LogP contribution in [0.25, 0.3) is 10.2 Å². The summed E-state index contributed by atoms with van der Waals surface area (Å²) in [6.07, 6.45) is 2.84. The molecule has 1 aliphatic heterocycles. The van der Waals surface area contributed by atoms with E-state index in [-0.39, 0.29) is 5.78 Å². The van der Waals surface area contributed by atoms with Crippen LogP contribution in [0.3, 0.4) is 0 Å². The van der Waals surface area contributed by atoms with Gasteiger partial charge in [-0.15, -0.1) is 11.3 Å². The third kappa shape index (κ3) is 4.57. The molecule has 0 amide bonds. The average Bonchev–Trinajstić information content (AvgIpc) is 3.21. The van der Waals surface area contributed by atoms with Crippen molar-refractivity contribution in [3.8, 4) is 5.75 Å². The number of carbonyl (C=O) groups is 1. The summed E-state index contributed by atoms with van der Waals surface area (Å²) in [5, 5.41) is 6.61. The Morgan fingerprint density at radius 3 is 2.83 bits per heavy atom. The summed E-state index contributed by atoms with van der Waals surface area (Å²) in [6, 6.07) is 9.73. The molecule has 1 aliphatic rings. The molecule has 0 bridgehead atoms. The zero-order chi connectivity index (χ0) is 20.9. The fourth-order valence-electron chi connectivity index (χ4n) is 3.85. The normalized spacial score (nSPS) is 14.8. The summed E-state index contributed by atoms with van der Waals surface area (Å²) < 4.78 is 5.97. The molecule has 3 aromatic rings. The van der Waals surface area contributed by atoms with Gasteiger partial charge >= 0.3 is 0 Å². The van der Waals surface area contributed by atoms with E-state index >= 15 is 0 Å². The molecule has 2 aromatic heterocycles. The van der Waals surface area contributed by atoms with Gasteiger partial charge in [-0.25, -0.2) is 4.98 Å². The first kappa shape index (κ1) is 20.6. The monoisotopic (exact) mass is 424 g/mol. The van der Waals surface area contributed by atoms with Crippen LogP contribution in [0.1, 0.15) is 23.7 Å². The molecule has 0 radical (unpaired) electrons. The van der Waals surface area contributed by atoms with Crippen LogP contribution in [0.4, 0.5) is 11.4 Å². The number of rotatable bonds is 8. The lowest BCUT2D eigenvalue weighted by atomic mass is 10.1. The number of fused-ring (bicyclic) bond motifs is 1. The largest absolute Gasteiger partial charge is 0.491 e. The molecule has 1 saturated heterocycles. The molecule has 0 saturated carbocycles. The van der Waals surface area contributed by atoms with Crippen molar-refractivity contribution < 1.29 is 9.53 Å². The van der Waals surface area contributed by atoms with Gasteiger partial charge in [0.05, 0.1) is 18.0 Å². The Morgan fingerprint density at radius 1 is 1.23 bits per heavy atom. The number of ketones is 1. The van der Waals surface area contributed by atoms with Gasteiger partial charge in [0.15, 0.2) is 5.78 Å². The number of hydrogen-bond acceptors (Lipinski definition) is 7. The van der Waals surface area contributed by atoms with E-state index in [0.29, 0.717) is 12.2 Å². The summed E-state index contributed by atoms with van der Waals surface area (Å²) in [5.74, 6) is 0.856. The first-order valence-electron chi connectivity index (χ1n) is 10.4. The molecular weight excluding hydrogens is 396 g/mol. The number of benzene rings is 1. The Labute approximate surface area is 181 Å². The van der Waals surface area contributed by atoms with Crippen LogP contribution in [-0.4, -0.2) is 62.0 Å². The van der Waals surface area contributed by atoms with Crippen molar-refractivity contribution in [1.29, 1.82) is 0 Å². The number of anilines is 2. The lowest BCUT2D eigenvalue weighted by Crippen LogP contribution is -2.46. The van der Waals surface area contributed by atoms with Crippen molar-refractivity contribution in [2.24, 2.45) is 0 Å². The quantitative estimate of drug-likeness (QED) is 0.433. The maximum absolute atomic E-state index is 11.5. The first-order chi connectivity index (χ1) is 14.7. The van der Waals surface area contributed by atoms with E-state index in [4.69, 9.17) is 4.74 Å². The molecule has 0 aliphatic carbocycles. The number of pyridine rings is 1. The number of Topliss-reactive ketones (excluding diaryl/α,β-unsaturated/α-hetero) is 1. The van der Waals surface area contributed by atoms with Crippen molar-refractivity contribution in [3.63, 3.8) is 0 Å². The molecule has 1 N–H and O–H groups in total. The minimum absolute atomic E-state index is 0.0592. The fraction of sp³-hybridized carbons (Fsp3) is 0.391. The van der Waals surface area contributed by atoms with Crippen LogP contribution in [0.2, 0.25) is 0 Å². The highest BCUT2D eigenvalue weighted by atomic mass is 32.1. The fourth-order valence-corrected chi connectivity index (χ4v) is 4.77. The van der Waals surface area contributed by atoms with Crippen LogP contribution < -0.4 is 15.0 Å². The van der Waals surface area contributed by atoms with Gasteiger partial charge in [0.25, 0.3) is 0 Å². The molecule has 30 heavy (non-hydrogen) atoms. The lowest BCUT2D eigenvalue weighted by molar-refractivity contribution is 0.101. The van der Waals surface area contributed by atoms with Crippen LogP contribution in [-0.2, 0) is 0 Å². The number of carbonyl (C=O) groups excluding carboxylic acids is 1. The van der Waals surface area contributed by atoms with Crippen molar-refractivity contribution in [2.75, 3.05) is 56.6 Å². The summed E-state index contributed by atoms with van der Waals surface area (Å²) in [6.45, 7) is 7.47. The van der Waals surface area contributed by atoms with Gasteiger partial charge in [0.2, 0.25) is 0 Å². The Morgan fingerprint density at radius 2 is 2.07 bits per heavy atom. The third-order valence-electron chi connectivity index (χ3n) is 5.57. The maximum Gasteiger partial charge on any atom is 0.159 e. The van der Waals surface area contributed by atoms with E-state index in [1.54, 1.807) is 18.3 Å². The van der Waals surface area contributed by atoms with Crippen molar-refractivity contribution in [2.45, 2.75) is 13.3 Å². The molecule has 7 heteroatoms. The molecule has 4 rings (SSSR count). The lowest BCUT2D eigenvalue weighted by Gasteiger charge is -2.35. The highest BCUT2D eigenvalue weighted by Crippen LogP contribution is 2.32. The molecule has 0 unspecified atom stereocenters. The number of hydrogen-bond donors (Lipinski definition) is 1. The number of ether oxygens (including phenoxy) is 1. The molecular formula is C23H28N4O2S. The van der Waals surface area contributed by atoms with Gasteiger partial charge in [-0.1, -0.05) is 0 Å². The van der Waals surface area contributed by atoms with Crippen LogP contribution in [0, 0.1) is 0 Å². The van der Waals surface area contributed by atoms with Gasteiger partial charge in [-0.05, 0) is 43.7 Å². The predicted molar refractivity (Wildman–Crippen MR) is 124 cm³/mol. The maximum atomic E-state index is 11.5. The SMILES string of the molecule is CNc1cc(C(C)=O)ccc1OCCCN1CCN(c2csc3ncccc23)CC1. The van der Waals surface area contributed by atoms with Crippen LogP contribution in [0.5, 0.6) is 5.75 Å². The second kappa shape index (κ2) is 9.45. The van der Waals surface area contributed by atoms with E-state index in [1.807, 2.05) is 37.5 Å². The van der Waals surface area contributed by atoms with E-state index < -0.39 is 0 Å². The first-order valence-corrected chi connectivity index (χ1v) is 11.3. The number of aromatic nitrogens is 1. The summed E-state index contributed by atoms with van der Waals surface area (Å²) >= 11 is 1.72. The zero-order valence-corrected chi connectivity index (χ0v) is 18.4. The number of nitrogens with one attached hydrogen (secondary N) is 1. The van der Waals surface area contributed by atoms with Gasteiger partial charge in [-0.3, -0.25) is 9.69 Å². The van der Waals surface area contributed by atoms with Crippen LogP contribution >= 0.6 is 11.3 Å². The van der Waals surface area contributed by atoms with E-state index in [2.05, 4.69) is 31.5 Å². The van der Waals surface area contributed by atoms with E-state index in [0.717, 1.165) is 55.4 Å². The Balaban J connectivity index is 1.23. The number of nitrogens with zero attached hydrogens (tertiary/aromatic N) is 3. The minimum atomic E-state index is 0.0592. The predicted octanol–water partition coefficient (Wildman–Crippen LogP) is 4.13.